The maximum Gasteiger partial charge on any atom is 0.328 e. The predicted molar refractivity (Wildman–Crippen MR) is 108 cm³/mol. The summed E-state index contributed by atoms with van der Waals surface area (Å²) in [6.07, 6.45) is 0.189. The van der Waals surface area contributed by atoms with E-state index in [1.54, 1.807) is 6.07 Å². The first-order valence-corrected chi connectivity index (χ1v) is 9.73. The molecule has 2 aliphatic rings. The standard InChI is InChI=1S/C21H17ClFN3O5/c1-24-20(31)25(8-7-12-3-2-4-14(23)9-12)18(29)21(24)15-10-13(22)5-6-16(15)26(19(21)30)11-17(27)28/h2-6,9-10H,7-8,11H2,1H3,(H,27,28). The number of carboxylic acid groups (broad SMARTS) is 1. The van der Waals surface area contributed by atoms with Crippen molar-refractivity contribution in [2.45, 2.75) is 12.0 Å². The van der Waals surface area contributed by atoms with Gasteiger partial charge in [0.2, 0.25) is 5.54 Å². The van der Waals surface area contributed by atoms with Gasteiger partial charge in [0.25, 0.3) is 11.8 Å². The van der Waals surface area contributed by atoms with Crippen LogP contribution in [-0.2, 0) is 26.3 Å². The van der Waals surface area contributed by atoms with Crippen LogP contribution in [0.15, 0.2) is 42.5 Å². The van der Waals surface area contributed by atoms with Gasteiger partial charge < -0.3 is 10.0 Å². The number of likely N-dealkylation sites (N-methyl/N-ethyl adjacent to an activating group) is 1. The van der Waals surface area contributed by atoms with E-state index in [4.69, 9.17) is 11.6 Å². The minimum atomic E-state index is -2.03. The second-order valence-corrected chi connectivity index (χ2v) is 7.77. The lowest BCUT2D eigenvalue weighted by molar-refractivity contribution is -0.143. The van der Waals surface area contributed by atoms with E-state index in [9.17, 15) is 28.7 Å². The van der Waals surface area contributed by atoms with Crippen molar-refractivity contribution in [3.63, 3.8) is 0 Å². The molecule has 2 aromatic rings. The molecule has 160 valence electrons. The summed E-state index contributed by atoms with van der Waals surface area (Å²) in [7, 11) is 1.31. The van der Waals surface area contributed by atoms with Crippen molar-refractivity contribution in [1.82, 2.24) is 9.80 Å². The van der Waals surface area contributed by atoms with Crippen LogP contribution in [-0.4, -0.2) is 58.9 Å². The minimum absolute atomic E-state index is 0.0741. The molecule has 0 aromatic heterocycles. The smallest absolute Gasteiger partial charge is 0.328 e. The van der Waals surface area contributed by atoms with E-state index in [1.807, 2.05) is 0 Å². The van der Waals surface area contributed by atoms with Crippen molar-refractivity contribution in [2.24, 2.45) is 0 Å². The fourth-order valence-corrected chi connectivity index (χ4v) is 4.33. The van der Waals surface area contributed by atoms with Gasteiger partial charge in [0.15, 0.2) is 0 Å². The molecule has 1 atom stereocenters. The number of benzene rings is 2. The zero-order valence-electron chi connectivity index (χ0n) is 16.3. The van der Waals surface area contributed by atoms with E-state index in [0.29, 0.717) is 5.56 Å². The highest BCUT2D eigenvalue weighted by atomic mass is 35.5. The Balaban J connectivity index is 1.74. The summed E-state index contributed by atoms with van der Waals surface area (Å²) < 4.78 is 13.5. The van der Waals surface area contributed by atoms with Gasteiger partial charge in [0.1, 0.15) is 12.4 Å². The normalized spacial score (nSPS) is 20.2. The van der Waals surface area contributed by atoms with E-state index >= 15 is 0 Å². The average Bonchev–Trinajstić information content (AvgIpc) is 3.05. The molecule has 2 heterocycles. The van der Waals surface area contributed by atoms with E-state index in [1.165, 1.54) is 43.4 Å². The molecule has 2 aromatic carbocycles. The highest BCUT2D eigenvalue weighted by molar-refractivity contribution is 6.32. The monoisotopic (exact) mass is 445 g/mol. The van der Waals surface area contributed by atoms with Gasteiger partial charge in [0.05, 0.1) is 5.69 Å². The molecule has 1 spiro atoms. The molecule has 10 heteroatoms. The molecule has 0 bridgehead atoms. The van der Waals surface area contributed by atoms with Crippen LogP contribution < -0.4 is 4.90 Å². The molecule has 1 fully saturated rings. The molecule has 0 saturated carbocycles. The van der Waals surface area contributed by atoms with Crippen LogP contribution in [0.3, 0.4) is 0 Å². The fourth-order valence-electron chi connectivity index (χ4n) is 4.16. The number of carboxylic acids is 1. The Hall–Kier alpha value is -3.46. The van der Waals surface area contributed by atoms with Crippen LogP contribution >= 0.6 is 11.6 Å². The summed E-state index contributed by atoms with van der Waals surface area (Å²) in [5.74, 6) is -3.34. The molecule has 1 N–H and O–H groups in total. The van der Waals surface area contributed by atoms with Gasteiger partial charge >= 0.3 is 12.0 Å². The number of anilines is 1. The predicted octanol–water partition coefficient (Wildman–Crippen LogP) is 2.24. The second kappa shape index (κ2) is 7.35. The number of carbonyl (C=O) groups is 4. The SMILES string of the molecule is CN1C(=O)N(CCc2cccc(F)c2)C(=O)C12C(=O)N(CC(=O)O)c1ccc(Cl)cc12. The zero-order valence-corrected chi connectivity index (χ0v) is 17.1. The topological polar surface area (TPSA) is 98.2 Å². The van der Waals surface area contributed by atoms with E-state index in [2.05, 4.69) is 0 Å². The number of fused-ring (bicyclic) bond motifs is 2. The van der Waals surface area contributed by atoms with Gasteiger partial charge in [-0.25, -0.2) is 9.18 Å². The largest absolute Gasteiger partial charge is 0.480 e. The molecule has 2 aliphatic heterocycles. The summed E-state index contributed by atoms with van der Waals surface area (Å²) in [5.41, 5.74) is -1.09. The van der Waals surface area contributed by atoms with E-state index in [0.717, 1.165) is 14.7 Å². The Kier molecular flexibility index (Phi) is 4.93. The Labute approximate surface area is 181 Å². The molecular weight excluding hydrogens is 429 g/mol. The molecule has 31 heavy (non-hydrogen) atoms. The van der Waals surface area contributed by atoms with Crippen LogP contribution in [0, 0.1) is 5.82 Å². The summed E-state index contributed by atoms with van der Waals surface area (Å²) in [6.45, 7) is -0.747. The first kappa shape index (κ1) is 20.8. The second-order valence-electron chi connectivity index (χ2n) is 7.34. The zero-order chi connectivity index (χ0) is 22.5. The van der Waals surface area contributed by atoms with Crippen LogP contribution in [0.5, 0.6) is 0 Å². The minimum Gasteiger partial charge on any atom is -0.480 e. The fraction of sp³-hybridized carbons (Fsp3) is 0.238. The van der Waals surface area contributed by atoms with E-state index in [-0.39, 0.29) is 29.2 Å². The third-order valence-corrected chi connectivity index (χ3v) is 5.81. The summed E-state index contributed by atoms with van der Waals surface area (Å²) in [6, 6.07) is 9.39. The molecule has 0 aliphatic carbocycles. The third kappa shape index (κ3) is 3.04. The molecule has 4 rings (SSSR count). The lowest BCUT2D eigenvalue weighted by Gasteiger charge is -2.27. The molecule has 1 saturated heterocycles. The number of rotatable bonds is 5. The van der Waals surface area contributed by atoms with Crippen molar-refractivity contribution in [3.8, 4) is 0 Å². The third-order valence-electron chi connectivity index (χ3n) is 5.58. The number of amides is 4. The van der Waals surface area contributed by atoms with Crippen LogP contribution in [0.1, 0.15) is 11.1 Å². The lowest BCUT2D eigenvalue weighted by Crippen LogP contribution is -2.53. The number of hydrogen-bond acceptors (Lipinski definition) is 4. The average molecular weight is 446 g/mol. The van der Waals surface area contributed by atoms with Crippen LogP contribution in [0.4, 0.5) is 14.9 Å². The van der Waals surface area contributed by atoms with Gasteiger partial charge in [-0.05, 0) is 42.3 Å². The Bertz CT molecular complexity index is 1140. The van der Waals surface area contributed by atoms with Gasteiger partial charge in [-0.2, -0.15) is 0 Å². The number of halogens is 2. The number of nitrogens with zero attached hydrogens (tertiary/aromatic N) is 3. The Morgan fingerprint density at radius 2 is 1.81 bits per heavy atom. The summed E-state index contributed by atoms with van der Waals surface area (Å²) in [4.78, 5) is 54.1. The Morgan fingerprint density at radius 1 is 1.10 bits per heavy atom. The molecule has 0 radical (unpaired) electrons. The maximum atomic E-state index is 13.5. The first-order chi connectivity index (χ1) is 14.7. The van der Waals surface area contributed by atoms with Crippen LogP contribution in [0.2, 0.25) is 5.02 Å². The molecular formula is C21H17ClFN3O5. The van der Waals surface area contributed by atoms with Crippen molar-refractivity contribution in [2.75, 3.05) is 25.0 Å². The highest BCUT2D eigenvalue weighted by Crippen LogP contribution is 2.48. The highest BCUT2D eigenvalue weighted by Gasteiger charge is 2.67. The van der Waals surface area contributed by atoms with Gasteiger partial charge in [-0.1, -0.05) is 23.7 Å². The van der Waals surface area contributed by atoms with Crippen molar-refractivity contribution >= 4 is 41.1 Å². The first-order valence-electron chi connectivity index (χ1n) is 9.36. The van der Waals surface area contributed by atoms with Gasteiger partial charge in [-0.15, -0.1) is 0 Å². The molecule has 8 nitrogen and oxygen atoms in total. The molecule has 4 amide bonds. The van der Waals surface area contributed by atoms with Crippen LogP contribution in [0.25, 0.3) is 0 Å². The Morgan fingerprint density at radius 3 is 2.48 bits per heavy atom. The molecule has 1 unspecified atom stereocenters. The van der Waals surface area contributed by atoms with Crippen molar-refractivity contribution < 1.29 is 28.7 Å². The van der Waals surface area contributed by atoms with Crippen molar-refractivity contribution in [1.29, 1.82) is 0 Å². The van der Waals surface area contributed by atoms with Crippen molar-refractivity contribution in [3.05, 3.63) is 64.4 Å². The number of aliphatic carboxylic acids is 1. The van der Waals surface area contributed by atoms with Gasteiger partial charge in [0, 0.05) is 24.2 Å². The van der Waals surface area contributed by atoms with E-state index < -0.39 is 41.7 Å². The number of hydrogen-bond donors (Lipinski definition) is 1. The summed E-state index contributed by atoms with van der Waals surface area (Å²) in [5, 5.41) is 9.48. The number of carbonyl (C=O) groups excluding carboxylic acids is 3. The quantitative estimate of drug-likeness (QED) is 0.562. The number of imide groups is 1. The summed E-state index contributed by atoms with van der Waals surface area (Å²) >= 11 is 6.10. The number of urea groups is 1. The lowest BCUT2D eigenvalue weighted by atomic mass is 9.90. The maximum absolute atomic E-state index is 13.5. The van der Waals surface area contributed by atoms with Gasteiger partial charge in [-0.3, -0.25) is 24.2 Å².